The maximum absolute atomic E-state index is 12.9. The second-order valence-electron chi connectivity index (χ2n) is 6.09. The number of H-pyrrole nitrogens is 1. The number of rotatable bonds is 2. The molecule has 1 aliphatic heterocycles. The third kappa shape index (κ3) is 2.08. The van der Waals surface area contributed by atoms with Gasteiger partial charge >= 0.3 is 11.7 Å². The zero-order valence-corrected chi connectivity index (χ0v) is 14.5. The highest BCUT2D eigenvalue weighted by Gasteiger charge is 2.34. The van der Waals surface area contributed by atoms with Gasteiger partial charge in [0.15, 0.2) is 12.3 Å². The van der Waals surface area contributed by atoms with Crippen molar-refractivity contribution in [3.05, 3.63) is 56.4 Å². The third-order valence-corrected chi connectivity index (χ3v) is 4.65. The fraction of sp³-hybridized carbons (Fsp3) is 0.222. The summed E-state index contributed by atoms with van der Waals surface area (Å²) in [6.07, 6.45) is 0. The molecule has 132 valence electrons. The lowest BCUT2D eigenvalue weighted by Gasteiger charge is -2.10. The maximum Gasteiger partial charge on any atom is 0.417 e. The molecule has 8 heteroatoms. The summed E-state index contributed by atoms with van der Waals surface area (Å²) >= 11 is 0. The molecular weight excluding hydrogens is 338 g/mol. The summed E-state index contributed by atoms with van der Waals surface area (Å²) in [4.78, 5) is 40.6. The van der Waals surface area contributed by atoms with E-state index in [2.05, 4.69) is 4.98 Å². The van der Waals surface area contributed by atoms with E-state index < -0.39 is 17.2 Å². The van der Waals surface area contributed by atoms with Crippen LogP contribution in [0.4, 0.5) is 0 Å². The number of aromatic amines is 1. The number of fused-ring (bicyclic) bond motifs is 2. The van der Waals surface area contributed by atoms with Crippen LogP contribution in [-0.4, -0.2) is 22.2 Å². The van der Waals surface area contributed by atoms with Crippen LogP contribution in [0, 0.1) is 0 Å². The van der Waals surface area contributed by atoms with E-state index in [1.807, 2.05) is 0 Å². The van der Waals surface area contributed by atoms with Crippen LogP contribution in [0.3, 0.4) is 0 Å². The van der Waals surface area contributed by atoms with E-state index in [1.165, 1.54) is 18.7 Å². The summed E-state index contributed by atoms with van der Waals surface area (Å²) in [6, 6.07) is 7.07. The molecule has 1 aromatic carbocycles. The Morgan fingerprint density at radius 3 is 2.62 bits per heavy atom. The smallest absolute Gasteiger partial charge is 0.417 e. The predicted molar refractivity (Wildman–Crippen MR) is 92.1 cm³/mol. The number of hydrogen-bond acceptors (Lipinski definition) is 5. The number of cyclic esters (lactones) is 1. The van der Waals surface area contributed by atoms with Crippen LogP contribution in [0.1, 0.15) is 16.1 Å². The number of ether oxygens (including phenoxy) is 2. The molecule has 0 bridgehead atoms. The number of benzene rings is 1. The fourth-order valence-corrected chi connectivity index (χ4v) is 3.31. The number of pyridine rings is 1. The van der Waals surface area contributed by atoms with Gasteiger partial charge in [-0.2, -0.15) is 4.57 Å². The van der Waals surface area contributed by atoms with Crippen molar-refractivity contribution in [1.29, 1.82) is 0 Å². The van der Waals surface area contributed by atoms with Crippen LogP contribution >= 0.6 is 0 Å². The molecule has 0 saturated heterocycles. The van der Waals surface area contributed by atoms with E-state index >= 15 is 0 Å². The minimum Gasteiger partial charge on any atom is -0.497 e. The molecule has 0 aliphatic carbocycles. The molecule has 1 N–H and O–H groups in total. The quantitative estimate of drug-likeness (QED) is 0.621. The van der Waals surface area contributed by atoms with Gasteiger partial charge in [0.25, 0.3) is 11.2 Å². The van der Waals surface area contributed by atoms with E-state index in [1.54, 1.807) is 31.3 Å². The first-order valence-corrected chi connectivity index (χ1v) is 7.93. The SMILES string of the molecule is COc1cccc(-c2c3c([nH+]c4c2c(=O)n(C)c(=O)n4C)COC3=O)c1. The molecule has 0 unspecified atom stereocenters. The van der Waals surface area contributed by atoms with Gasteiger partial charge in [-0.15, -0.1) is 0 Å². The maximum atomic E-state index is 12.9. The molecule has 3 heterocycles. The summed E-state index contributed by atoms with van der Waals surface area (Å²) in [7, 11) is 4.52. The average Bonchev–Trinajstić information content (AvgIpc) is 3.03. The van der Waals surface area contributed by atoms with Crippen molar-refractivity contribution >= 4 is 17.0 Å². The highest BCUT2D eigenvalue weighted by Crippen LogP contribution is 2.34. The van der Waals surface area contributed by atoms with Crippen LogP contribution in [0.15, 0.2) is 33.9 Å². The molecule has 0 atom stereocenters. The zero-order valence-electron chi connectivity index (χ0n) is 14.5. The van der Waals surface area contributed by atoms with E-state index in [9.17, 15) is 14.4 Å². The van der Waals surface area contributed by atoms with E-state index in [0.717, 1.165) is 4.57 Å². The number of hydrogen-bond donors (Lipinski definition) is 0. The Morgan fingerprint density at radius 2 is 1.88 bits per heavy atom. The minimum atomic E-state index is -0.508. The Morgan fingerprint density at radius 1 is 1.12 bits per heavy atom. The monoisotopic (exact) mass is 354 g/mol. The molecular formula is C18H16N3O5+. The molecule has 1 aliphatic rings. The Labute approximate surface area is 147 Å². The minimum absolute atomic E-state index is 0.0600. The van der Waals surface area contributed by atoms with Crippen LogP contribution in [-0.2, 0) is 25.4 Å². The lowest BCUT2D eigenvalue weighted by Crippen LogP contribution is -2.40. The number of carbonyl (C=O) groups is 1. The van der Waals surface area contributed by atoms with Gasteiger partial charge in [0.1, 0.15) is 16.7 Å². The fourth-order valence-electron chi connectivity index (χ4n) is 3.31. The number of aromatic nitrogens is 3. The summed E-state index contributed by atoms with van der Waals surface area (Å²) < 4.78 is 12.8. The van der Waals surface area contributed by atoms with Gasteiger partial charge in [-0.25, -0.2) is 19.1 Å². The van der Waals surface area contributed by atoms with Crippen molar-refractivity contribution in [1.82, 2.24) is 9.13 Å². The van der Waals surface area contributed by atoms with Crippen LogP contribution in [0.25, 0.3) is 22.2 Å². The molecule has 0 fully saturated rings. The Bertz CT molecular complexity index is 1210. The molecule has 3 aromatic rings. The van der Waals surface area contributed by atoms with E-state index in [0.29, 0.717) is 33.8 Å². The molecule has 8 nitrogen and oxygen atoms in total. The topological polar surface area (TPSA) is 93.7 Å². The Hall–Kier alpha value is -3.42. The molecule has 0 radical (unpaired) electrons. The number of aryl methyl sites for hydroxylation is 1. The van der Waals surface area contributed by atoms with Gasteiger partial charge < -0.3 is 9.47 Å². The number of nitrogens with one attached hydrogen (secondary N) is 1. The molecule has 0 spiro atoms. The van der Waals surface area contributed by atoms with Crippen molar-refractivity contribution in [3.63, 3.8) is 0 Å². The lowest BCUT2D eigenvalue weighted by atomic mass is 9.96. The van der Waals surface area contributed by atoms with E-state index in [-0.39, 0.29) is 12.0 Å². The highest BCUT2D eigenvalue weighted by atomic mass is 16.5. The summed E-state index contributed by atoms with van der Waals surface area (Å²) in [5.74, 6) is 0.0807. The second-order valence-corrected chi connectivity index (χ2v) is 6.09. The van der Waals surface area contributed by atoms with Gasteiger partial charge in [0.05, 0.1) is 14.2 Å². The molecule has 4 rings (SSSR count). The van der Waals surface area contributed by atoms with Crippen LogP contribution < -0.4 is 21.0 Å². The summed E-state index contributed by atoms with van der Waals surface area (Å²) in [5.41, 5.74) is 1.30. The van der Waals surface area contributed by atoms with Crippen molar-refractivity contribution in [2.24, 2.45) is 14.1 Å². The van der Waals surface area contributed by atoms with E-state index in [4.69, 9.17) is 9.47 Å². The Balaban J connectivity index is 2.27. The number of esters is 1. The first-order chi connectivity index (χ1) is 12.4. The van der Waals surface area contributed by atoms with Gasteiger partial charge in [-0.05, 0) is 17.7 Å². The van der Waals surface area contributed by atoms with Gasteiger partial charge in [-0.1, -0.05) is 12.1 Å². The standard InChI is InChI=1S/C18H15N3O5/c1-20-15-14(16(22)21(2)18(20)24)12(9-5-4-6-10(7-9)25-3)13-11(19-15)8-26-17(13)23/h4-7H,8H2,1-3H3/p+1. The number of methoxy groups -OCH3 is 1. The predicted octanol–water partition coefficient (Wildman–Crippen LogP) is 0.397. The van der Waals surface area contributed by atoms with Crippen molar-refractivity contribution in [2.75, 3.05) is 7.11 Å². The molecule has 0 amide bonds. The van der Waals surface area contributed by atoms with Crippen LogP contribution in [0.5, 0.6) is 5.75 Å². The van der Waals surface area contributed by atoms with Crippen molar-refractivity contribution in [2.45, 2.75) is 6.61 Å². The second kappa shape index (κ2) is 5.55. The normalized spacial score (nSPS) is 13.0. The number of nitrogens with zero attached hydrogens (tertiary/aromatic N) is 2. The highest BCUT2D eigenvalue weighted by molar-refractivity contribution is 6.07. The Kier molecular flexibility index (Phi) is 3.43. The van der Waals surface area contributed by atoms with Gasteiger partial charge in [-0.3, -0.25) is 4.79 Å². The number of carbonyl (C=O) groups excluding carboxylic acids is 1. The lowest BCUT2D eigenvalue weighted by molar-refractivity contribution is -0.365. The van der Waals surface area contributed by atoms with Crippen molar-refractivity contribution < 1.29 is 19.3 Å². The first kappa shape index (κ1) is 16.1. The third-order valence-electron chi connectivity index (χ3n) is 4.65. The van der Waals surface area contributed by atoms with Crippen LogP contribution in [0.2, 0.25) is 0 Å². The summed E-state index contributed by atoms with van der Waals surface area (Å²) in [5, 5.41) is 0.250. The van der Waals surface area contributed by atoms with Crippen molar-refractivity contribution in [3.8, 4) is 16.9 Å². The zero-order chi connectivity index (χ0) is 18.6. The first-order valence-electron chi connectivity index (χ1n) is 7.93. The van der Waals surface area contributed by atoms with Gasteiger partial charge in [0.2, 0.25) is 0 Å². The van der Waals surface area contributed by atoms with Gasteiger partial charge in [0, 0.05) is 12.6 Å². The molecule has 26 heavy (non-hydrogen) atoms. The molecule has 0 saturated carbocycles. The summed E-state index contributed by atoms with van der Waals surface area (Å²) in [6.45, 7) is 0.0600. The average molecular weight is 354 g/mol. The largest absolute Gasteiger partial charge is 0.497 e. The molecule has 2 aromatic heterocycles.